The van der Waals surface area contributed by atoms with E-state index in [1.54, 1.807) is 6.07 Å². The number of halogens is 1. The molecule has 8 heteroatoms. The minimum absolute atomic E-state index is 0.131. The smallest absolute Gasteiger partial charge is 0.241 e. The van der Waals surface area contributed by atoms with Crippen LogP contribution >= 0.6 is 15.9 Å². The van der Waals surface area contributed by atoms with Crippen LogP contribution in [0.5, 0.6) is 11.5 Å². The van der Waals surface area contributed by atoms with E-state index in [-0.39, 0.29) is 4.90 Å². The van der Waals surface area contributed by atoms with Crippen molar-refractivity contribution >= 4 is 31.6 Å². The molecule has 1 aliphatic heterocycles. The molecule has 0 saturated heterocycles. The topological polar surface area (TPSA) is 67.9 Å². The van der Waals surface area contributed by atoms with Crippen LogP contribution in [0.1, 0.15) is 12.0 Å². The van der Waals surface area contributed by atoms with Crippen molar-refractivity contribution in [3.8, 4) is 11.5 Å². The normalized spacial score (nSPS) is 13.5. The van der Waals surface area contributed by atoms with Crippen molar-refractivity contribution in [3.63, 3.8) is 0 Å². The molecule has 2 aromatic carbocycles. The Kier molecular flexibility index (Phi) is 6.29. The van der Waals surface area contributed by atoms with Gasteiger partial charge in [-0.05, 0) is 46.5 Å². The SMILES string of the molecule is COc1cc(Br)c(S(=O)(=O)NCCCN2CCc3ccccc32)cc1OC. The molecule has 1 aliphatic rings. The number of hydrogen-bond donors (Lipinski definition) is 1. The molecule has 3 rings (SSSR count). The standard InChI is InChI=1S/C19H23BrN2O4S/c1-25-17-12-15(20)19(13-18(17)26-2)27(23,24)21-9-5-10-22-11-8-14-6-3-4-7-16(14)22/h3-4,6-7,12-13,21H,5,8-11H2,1-2H3. The molecule has 1 N–H and O–H groups in total. The van der Waals surface area contributed by atoms with E-state index in [9.17, 15) is 8.42 Å². The molecule has 0 fully saturated rings. The van der Waals surface area contributed by atoms with Crippen LogP contribution in [0.2, 0.25) is 0 Å². The molecule has 0 atom stereocenters. The Bertz CT molecular complexity index is 918. The van der Waals surface area contributed by atoms with Crippen LogP contribution in [0.4, 0.5) is 5.69 Å². The fourth-order valence-corrected chi connectivity index (χ4v) is 5.34. The highest BCUT2D eigenvalue weighted by Crippen LogP contribution is 2.35. The average Bonchev–Trinajstić information content (AvgIpc) is 3.08. The Morgan fingerprint density at radius 1 is 1.15 bits per heavy atom. The van der Waals surface area contributed by atoms with Crippen LogP contribution in [-0.4, -0.2) is 42.3 Å². The number of fused-ring (bicyclic) bond motifs is 1. The highest BCUT2D eigenvalue weighted by Gasteiger charge is 2.22. The molecule has 0 amide bonds. The van der Waals surface area contributed by atoms with Gasteiger partial charge >= 0.3 is 0 Å². The number of anilines is 1. The second-order valence-corrected chi connectivity index (χ2v) is 8.84. The summed E-state index contributed by atoms with van der Waals surface area (Å²) in [7, 11) is -0.673. The number of nitrogens with zero attached hydrogens (tertiary/aromatic N) is 1. The maximum Gasteiger partial charge on any atom is 0.241 e. The summed E-state index contributed by atoms with van der Waals surface area (Å²) in [6.45, 7) is 2.15. The van der Waals surface area contributed by atoms with Crippen LogP contribution < -0.4 is 19.1 Å². The number of ether oxygens (including phenoxy) is 2. The van der Waals surface area contributed by atoms with E-state index in [0.29, 0.717) is 22.5 Å². The van der Waals surface area contributed by atoms with Gasteiger partial charge in [-0.3, -0.25) is 0 Å². The molecule has 0 unspecified atom stereocenters. The van der Waals surface area contributed by atoms with Crippen molar-refractivity contribution in [2.24, 2.45) is 0 Å². The predicted octanol–water partition coefficient (Wildman–Crippen LogP) is 3.20. The van der Waals surface area contributed by atoms with Gasteiger partial charge in [-0.1, -0.05) is 18.2 Å². The quantitative estimate of drug-likeness (QED) is 0.620. The van der Waals surface area contributed by atoms with Gasteiger partial charge in [0.25, 0.3) is 0 Å². The number of nitrogens with one attached hydrogen (secondary N) is 1. The molecule has 0 aromatic heterocycles. The first-order valence-corrected chi connectivity index (χ1v) is 11.0. The Morgan fingerprint density at radius 3 is 2.59 bits per heavy atom. The van der Waals surface area contributed by atoms with Crippen molar-refractivity contribution in [2.45, 2.75) is 17.7 Å². The van der Waals surface area contributed by atoms with E-state index in [1.165, 1.54) is 31.5 Å². The van der Waals surface area contributed by atoms with Gasteiger partial charge in [0.05, 0.1) is 14.2 Å². The van der Waals surface area contributed by atoms with Crippen LogP contribution in [-0.2, 0) is 16.4 Å². The molecular formula is C19H23BrN2O4S. The second-order valence-electron chi connectivity index (χ2n) is 6.25. The third kappa shape index (κ3) is 4.39. The minimum atomic E-state index is -3.66. The van der Waals surface area contributed by atoms with Gasteiger partial charge in [0.1, 0.15) is 4.90 Å². The van der Waals surface area contributed by atoms with E-state index in [4.69, 9.17) is 9.47 Å². The third-order valence-electron chi connectivity index (χ3n) is 4.61. The Labute approximate surface area is 168 Å². The monoisotopic (exact) mass is 454 g/mol. The lowest BCUT2D eigenvalue weighted by atomic mass is 10.2. The Hall–Kier alpha value is -1.77. The first-order chi connectivity index (χ1) is 13.0. The Balaban J connectivity index is 1.61. The number of para-hydroxylation sites is 1. The molecule has 0 spiro atoms. The zero-order valence-corrected chi connectivity index (χ0v) is 17.8. The molecule has 0 bridgehead atoms. The number of rotatable bonds is 8. The molecule has 6 nitrogen and oxygen atoms in total. The molecule has 2 aromatic rings. The first kappa shape index (κ1) is 20.0. The van der Waals surface area contributed by atoms with Crippen molar-refractivity contribution in [2.75, 3.05) is 38.8 Å². The third-order valence-corrected chi connectivity index (χ3v) is 7.03. The lowest BCUT2D eigenvalue weighted by Crippen LogP contribution is -2.29. The number of hydrogen-bond acceptors (Lipinski definition) is 5. The summed E-state index contributed by atoms with van der Waals surface area (Å²) in [6, 6.07) is 11.4. The molecule has 0 aliphatic carbocycles. The van der Waals surface area contributed by atoms with Crippen LogP contribution in [0.3, 0.4) is 0 Å². The number of sulfonamides is 1. The van der Waals surface area contributed by atoms with Gasteiger partial charge in [0.15, 0.2) is 11.5 Å². The lowest BCUT2D eigenvalue weighted by Gasteiger charge is -2.19. The van der Waals surface area contributed by atoms with Crippen LogP contribution in [0.15, 0.2) is 45.8 Å². The summed E-state index contributed by atoms with van der Waals surface area (Å²) in [5.41, 5.74) is 2.61. The summed E-state index contributed by atoms with van der Waals surface area (Å²) in [5.74, 6) is 0.839. The van der Waals surface area contributed by atoms with Gasteiger partial charge in [-0.2, -0.15) is 0 Å². The predicted molar refractivity (Wildman–Crippen MR) is 109 cm³/mol. The van der Waals surface area contributed by atoms with Gasteiger partial charge in [0.2, 0.25) is 10.0 Å². The van der Waals surface area contributed by atoms with Gasteiger partial charge in [0, 0.05) is 35.9 Å². The van der Waals surface area contributed by atoms with Crippen molar-refractivity contribution in [3.05, 3.63) is 46.4 Å². The lowest BCUT2D eigenvalue weighted by molar-refractivity contribution is 0.353. The van der Waals surface area contributed by atoms with Crippen molar-refractivity contribution in [1.82, 2.24) is 4.72 Å². The highest BCUT2D eigenvalue weighted by molar-refractivity contribution is 9.10. The average molecular weight is 455 g/mol. The maximum atomic E-state index is 12.7. The zero-order valence-electron chi connectivity index (χ0n) is 15.4. The second kappa shape index (κ2) is 8.50. The van der Waals surface area contributed by atoms with Gasteiger partial charge < -0.3 is 14.4 Å². The van der Waals surface area contributed by atoms with Crippen molar-refractivity contribution < 1.29 is 17.9 Å². The van der Waals surface area contributed by atoms with Crippen molar-refractivity contribution in [1.29, 1.82) is 0 Å². The molecule has 146 valence electrons. The zero-order chi connectivity index (χ0) is 19.4. The summed E-state index contributed by atoms with van der Waals surface area (Å²) >= 11 is 3.31. The largest absolute Gasteiger partial charge is 0.493 e. The summed E-state index contributed by atoms with van der Waals surface area (Å²) in [4.78, 5) is 2.43. The molecule has 27 heavy (non-hydrogen) atoms. The summed E-state index contributed by atoms with van der Waals surface area (Å²) in [6.07, 6.45) is 1.76. The molecular weight excluding hydrogens is 432 g/mol. The molecule has 0 radical (unpaired) electrons. The van der Waals surface area contributed by atoms with E-state index < -0.39 is 10.0 Å². The maximum absolute atomic E-state index is 12.7. The van der Waals surface area contributed by atoms with E-state index in [0.717, 1.165) is 25.9 Å². The van der Waals surface area contributed by atoms with Gasteiger partial charge in [-0.25, -0.2) is 13.1 Å². The molecule has 1 heterocycles. The highest BCUT2D eigenvalue weighted by atomic mass is 79.9. The van der Waals surface area contributed by atoms with Gasteiger partial charge in [-0.15, -0.1) is 0 Å². The summed E-state index contributed by atoms with van der Waals surface area (Å²) < 4.78 is 38.8. The summed E-state index contributed by atoms with van der Waals surface area (Å²) in [5, 5.41) is 0. The number of methoxy groups -OCH3 is 2. The van der Waals surface area contributed by atoms with E-state index in [1.807, 2.05) is 6.07 Å². The number of benzene rings is 2. The minimum Gasteiger partial charge on any atom is -0.493 e. The Morgan fingerprint density at radius 2 is 1.85 bits per heavy atom. The molecule has 0 saturated carbocycles. The fourth-order valence-electron chi connectivity index (χ4n) is 3.23. The van der Waals surface area contributed by atoms with E-state index in [2.05, 4.69) is 43.8 Å². The van der Waals surface area contributed by atoms with Crippen LogP contribution in [0.25, 0.3) is 0 Å². The van der Waals surface area contributed by atoms with Crippen LogP contribution in [0, 0.1) is 0 Å². The first-order valence-electron chi connectivity index (χ1n) is 8.70. The van der Waals surface area contributed by atoms with E-state index >= 15 is 0 Å². The fraction of sp³-hybridized carbons (Fsp3) is 0.368.